The van der Waals surface area contributed by atoms with Gasteiger partial charge in [0.15, 0.2) is 0 Å². The van der Waals surface area contributed by atoms with Crippen molar-refractivity contribution in [1.82, 2.24) is 0 Å². The first-order valence-corrected chi connectivity index (χ1v) is 5.63. The molecule has 0 saturated carbocycles. The van der Waals surface area contributed by atoms with Crippen molar-refractivity contribution in [2.75, 3.05) is 12.4 Å². The smallest absolute Gasteiger partial charge is 0.247 e. The molecule has 1 aromatic carbocycles. The Bertz CT molecular complexity index is 405. The summed E-state index contributed by atoms with van der Waals surface area (Å²) in [6.45, 7) is 3.38. The fraction of sp³-hybridized carbons (Fsp3) is 0.100. The molecule has 0 aromatic heterocycles. The van der Waals surface area contributed by atoms with Crippen LogP contribution in [0.25, 0.3) is 0 Å². The molecule has 0 fully saturated rings. The summed E-state index contributed by atoms with van der Waals surface area (Å²) < 4.78 is 6.69. The van der Waals surface area contributed by atoms with E-state index in [1.165, 1.54) is 6.08 Å². The summed E-state index contributed by atoms with van der Waals surface area (Å²) in [4.78, 5) is 11.1. The van der Waals surface area contributed by atoms with E-state index in [0.717, 1.165) is 8.95 Å². The van der Waals surface area contributed by atoms with Crippen LogP contribution in [0.3, 0.4) is 0 Å². The molecule has 0 aliphatic rings. The van der Waals surface area contributed by atoms with Gasteiger partial charge in [-0.15, -0.1) is 0 Å². The van der Waals surface area contributed by atoms with Gasteiger partial charge in [-0.25, -0.2) is 0 Å². The molecule has 0 aliphatic carbocycles. The molecule has 1 rings (SSSR count). The third-order valence-electron chi connectivity index (χ3n) is 1.68. The van der Waals surface area contributed by atoms with E-state index >= 15 is 0 Å². The van der Waals surface area contributed by atoms with E-state index in [1.54, 1.807) is 19.2 Å². The molecule has 0 atom stereocenters. The standard InChI is InChI=1S/C10H9Br2NO2/c1-3-10(14)13-8-5-9(15-2)7(12)4-6(8)11/h3-5H,1H2,2H3,(H,13,14). The van der Waals surface area contributed by atoms with Crippen LogP contribution in [0.4, 0.5) is 5.69 Å². The second-order valence-corrected chi connectivity index (χ2v) is 4.37. The van der Waals surface area contributed by atoms with Crippen LogP contribution in [-0.4, -0.2) is 13.0 Å². The Morgan fingerprint density at radius 1 is 1.47 bits per heavy atom. The lowest BCUT2D eigenvalue weighted by Crippen LogP contribution is -2.08. The second kappa shape index (κ2) is 5.32. The van der Waals surface area contributed by atoms with E-state index in [0.29, 0.717) is 11.4 Å². The molecule has 0 heterocycles. The van der Waals surface area contributed by atoms with Crippen molar-refractivity contribution in [3.63, 3.8) is 0 Å². The van der Waals surface area contributed by atoms with Crippen LogP contribution in [-0.2, 0) is 4.79 Å². The Morgan fingerprint density at radius 2 is 2.13 bits per heavy atom. The minimum absolute atomic E-state index is 0.264. The van der Waals surface area contributed by atoms with Gasteiger partial charge in [-0.05, 0) is 44.0 Å². The number of benzene rings is 1. The number of anilines is 1. The van der Waals surface area contributed by atoms with Crippen molar-refractivity contribution in [1.29, 1.82) is 0 Å². The molecular weight excluding hydrogens is 326 g/mol. The number of hydrogen-bond donors (Lipinski definition) is 1. The van der Waals surface area contributed by atoms with Gasteiger partial charge in [0.1, 0.15) is 5.75 Å². The Labute approximate surface area is 105 Å². The highest BCUT2D eigenvalue weighted by molar-refractivity contribution is 9.11. The zero-order valence-corrected chi connectivity index (χ0v) is 11.2. The minimum atomic E-state index is -0.264. The zero-order valence-electron chi connectivity index (χ0n) is 8.01. The van der Waals surface area contributed by atoms with E-state index in [4.69, 9.17) is 4.74 Å². The van der Waals surface area contributed by atoms with E-state index < -0.39 is 0 Å². The lowest BCUT2D eigenvalue weighted by Gasteiger charge is -2.09. The zero-order chi connectivity index (χ0) is 11.4. The summed E-state index contributed by atoms with van der Waals surface area (Å²) in [5.74, 6) is 0.387. The van der Waals surface area contributed by atoms with Crippen LogP contribution >= 0.6 is 31.9 Å². The monoisotopic (exact) mass is 333 g/mol. The van der Waals surface area contributed by atoms with E-state index in [1.807, 2.05) is 0 Å². The van der Waals surface area contributed by atoms with E-state index in [2.05, 4.69) is 43.8 Å². The third-order valence-corrected chi connectivity index (χ3v) is 2.96. The fourth-order valence-electron chi connectivity index (χ4n) is 0.965. The fourth-order valence-corrected chi connectivity index (χ4v) is 2.22. The number of amides is 1. The SMILES string of the molecule is C=CC(=O)Nc1cc(OC)c(Br)cc1Br. The van der Waals surface area contributed by atoms with E-state index in [9.17, 15) is 4.79 Å². The number of nitrogens with one attached hydrogen (secondary N) is 1. The van der Waals surface area contributed by atoms with Crippen molar-refractivity contribution >= 4 is 43.5 Å². The van der Waals surface area contributed by atoms with Gasteiger partial charge in [-0.2, -0.15) is 0 Å². The average Bonchev–Trinajstić information content (AvgIpc) is 2.21. The lowest BCUT2D eigenvalue weighted by molar-refractivity contribution is -0.111. The molecule has 80 valence electrons. The van der Waals surface area contributed by atoms with Crippen LogP contribution in [0.1, 0.15) is 0 Å². The van der Waals surface area contributed by atoms with Crippen LogP contribution in [0.5, 0.6) is 5.75 Å². The van der Waals surface area contributed by atoms with Gasteiger partial charge in [0.2, 0.25) is 5.91 Å². The van der Waals surface area contributed by atoms with E-state index in [-0.39, 0.29) is 5.91 Å². The first-order valence-electron chi connectivity index (χ1n) is 4.05. The van der Waals surface area contributed by atoms with Crippen LogP contribution in [0.15, 0.2) is 33.7 Å². The van der Waals surface area contributed by atoms with Gasteiger partial charge in [0, 0.05) is 10.5 Å². The highest BCUT2D eigenvalue weighted by atomic mass is 79.9. The molecule has 0 radical (unpaired) electrons. The Morgan fingerprint density at radius 3 is 2.67 bits per heavy atom. The molecule has 1 aromatic rings. The molecule has 0 unspecified atom stereocenters. The Balaban J connectivity index is 3.07. The predicted molar refractivity (Wildman–Crippen MR) is 67.2 cm³/mol. The predicted octanol–water partition coefficient (Wildman–Crippen LogP) is 3.34. The van der Waals surface area contributed by atoms with Gasteiger partial charge >= 0.3 is 0 Å². The maximum Gasteiger partial charge on any atom is 0.247 e. The van der Waals surface area contributed by atoms with Gasteiger partial charge in [-0.1, -0.05) is 6.58 Å². The molecule has 3 nitrogen and oxygen atoms in total. The summed E-state index contributed by atoms with van der Waals surface area (Å²) in [5.41, 5.74) is 0.639. The minimum Gasteiger partial charge on any atom is -0.495 e. The summed E-state index contributed by atoms with van der Waals surface area (Å²) in [7, 11) is 1.56. The van der Waals surface area contributed by atoms with Gasteiger partial charge < -0.3 is 10.1 Å². The molecule has 0 saturated heterocycles. The maximum absolute atomic E-state index is 11.1. The van der Waals surface area contributed by atoms with Crippen LogP contribution in [0, 0.1) is 0 Å². The van der Waals surface area contributed by atoms with Crippen LogP contribution < -0.4 is 10.1 Å². The molecule has 15 heavy (non-hydrogen) atoms. The molecular formula is C10H9Br2NO2. The van der Waals surface area contributed by atoms with Crippen molar-refractivity contribution in [3.8, 4) is 5.75 Å². The number of carbonyl (C=O) groups is 1. The summed E-state index contributed by atoms with van der Waals surface area (Å²) >= 11 is 6.67. The molecule has 0 bridgehead atoms. The number of ether oxygens (including phenoxy) is 1. The number of carbonyl (C=O) groups excluding carboxylic acids is 1. The van der Waals surface area contributed by atoms with Gasteiger partial charge in [0.05, 0.1) is 17.3 Å². The second-order valence-electron chi connectivity index (χ2n) is 2.66. The van der Waals surface area contributed by atoms with Crippen molar-refractivity contribution in [2.24, 2.45) is 0 Å². The summed E-state index contributed by atoms with van der Waals surface area (Å²) in [6.07, 6.45) is 1.21. The Hall–Kier alpha value is -0.810. The number of halogens is 2. The highest BCUT2D eigenvalue weighted by Gasteiger charge is 2.08. The molecule has 1 amide bonds. The largest absolute Gasteiger partial charge is 0.495 e. The van der Waals surface area contributed by atoms with Crippen molar-refractivity contribution in [2.45, 2.75) is 0 Å². The molecule has 5 heteroatoms. The molecule has 0 aliphatic heterocycles. The third kappa shape index (κ3) is 3.07. The molecule has 0 spiro atoms. The maximum atomic E-state index is 11.1. The van der Waals surface area contributed by atoms with Crippen molar-refractivity contribution in [3.05, 3.63) is 33.7 Å². The highest BCUT2D eigenvalue weighted by Crippen LogP contribution is 2.34. The summed E-state index contributed by atoms with van der Waals surface area (Å²) in [6, 6.07) is 3.52. The first-order chi connectivity index (χ1) is 7.08. The topological polar surface area (TPSA) is 38.3 Å². The van der Waals surface area contributed by atoms with Gasteiger partial charge in [-0.3, -0.25) is 4.79 Å². The average molecular weight is 335 g/mol. The Kier molecular flexibility index (Phi) is 4.35. The normalized spacial score (nSPS) is 9.53. The molecule has 1 N–H and O–H groups in total. The lowest BCUT2D eigenvalue weighted by atomic mass is 10.3. The number of methoxy groups -OCH3 is 1. The van der Waals surface area contributed by atoms with Crippen molar-refractivity contribution < 1.29 is 9.53 Å². The van der Waals surface area contributed by atoms with Gasteiger partial charge in [0.25, 0.3) is 0 Å². The summed E-state index contributed by atoms with van der Waals surface area (Å²) in [5, 5.41) is 2.66. The number of hydrogen-bond acceptors (Lipinski definition) is 2. The quantitative estimate of drug-likeness (QED) is 0.861. The number of rotatable bonds is 3. The first kappa shape index (κ1) is 12.3. The van der Waals surface area contributed by atoms with Crippen LogP contribution in [0.2, 0.25) is 0 Å².